The van der Waals surface area contributed by atoms with Gasteiger partial charge in [0, 0.05) is 18.6 Å². The van der Waals surface area contributed by atoms with Crippen LogP contribution in [-0.4, -0.2) is 44.1 Å². The van der Waals surface area contributed by atoms with Gasteiger partial charge in [0.1, 0.15) is 5.75 Å². The molecule has 2 unspecified atom stereocenters. The van der Waals surface area contributed by atoms with Gasteiger partial charge in [-0.2, -0.15) is 0 Å². The van der Waals surface area contributed by atoms with E-state index in [1.807, 2.05) is 12.1 Å². The van der Waals surface area contributed by atoms with E-state index in [2.05, 4.69) is 34.4 Å². The van der Waals surface area contributed by atoms with E-state index in [4.69, 9.17) is 10.5 Å². The van der Waals surface area contributed by atoms with Gasteiger partial charge >= 0.3 is 0 Å². The van der Waals surface area contributed by atoms with E-state index < -0.39 is 0 Å². The first-order chi connectivity index (χ1) is 11.2. The number of rotatable bonds is 5. The standard InChI is InChI=1S/C18H28N4O.HI/c1-22-11-3-4-14(12-20-18(19)21-15-7-8-15)17(22)13-5-9-16(23-2)10-6-13;/h5-6,9-10,14-15,17H,3-4,7-8,11-12H2,1-2H3,(H3,19,20,21);1H. The Morgan fingerprint density at radius 3 is 2.62 bits per heavy atom. The normalized spacial score (nSPS) is 25.0. The fourth-order valence-corrected chi connectivity index (χ4v) is 3.48. The quantitative estimate of drug-likeness (QED) is 0.417. The second kappa shape index (κ2) is 8.89. The average molecular weight is 444 g/mol. The average Bonchev–Trinajstić information content (AvgIpc) is 3.37. The first-order valence-corrected chi connectivity index (χ1v) is 8.58. The van der Waals surface area contributed by atoms with Crippen LogP contribution in [0.3, 0.4) is 0 Å². The number of hydrogen-bond donors (Lipinski definition) is 2. The Morgan fingerprint density at radius 2 is 2.00 bits per heavy atom. The molecular weight excluding hydrogens is 415 g/mol. The lowest BCUT2D eigenvalue weighted by molar-refractivity contribution is 0.125. The van der Waals surface area contributed by atoms with Crippen molar-refractivity contribution in [1.82, 2.24) is 10.2 Å². The lowest BCUT2D eigenvalue weighted by Crippen LogP contribution is -2.39. The molecule has 2 fully saturated rings. The van der Waals surface area contributed by atoms with E-state index >= 15 is 0 Å². The van der Waals surface area contributed by atoms with Crippen molar-refractivity contribution in [1.29, 1.82) is 0 Å². The fourth-order valence-electron chi connectivity index (χ4n) is 3.48. The first-order valence-electron chi connectivity index (χ1n) is 8.58. The van der Waals surface area contributed by atoms with Crippen molar-refractivity contribution in [2.75, 3.05) is 27.2 Å². The summed E-state index contributed by atoms with van der Waals surface area (Å²) in [5.74, 6) is 2.01. The fraction of sp³-hybridized carbons (Fsp3) is 0.611. The van der Waals surface area contributed by atoms with Crippen molar-refractivity contribution in [2.24, 2.45) is 16.6 Å². The molecule has 0 amide bonds. The number of halogens is 1. The number of nitrogens with two attached hydrogens (primary N) is 1. The van der Waals surface area contributed by atoms with E-state index in [9.17, 15) is 0 Å². The number of benzene rings is 1. The van der Waals surface area contributed by atoms with Crippen molar-refractivity contribution in [3.63, 3.8) is 0 Å². The first kappa shape index (κ1) is 19.3. The van der Waals surface area contributed by atoms with Crippen LogP contribution in [0.25, 0.3) is 0 Å². The number of ether oxygens (including phenoxy) is 1. The predicted molar refractivity (Wildman–Crippen MR) is 109 cm³/mol. The molecule has 1 aromatic rings. The van der Waals surface area contributed by atoms with Gasteiger partial charge < -0.3 is 15.8 Å². The zero-order valence-corrected chi connectivity index (χ0v) is 16.9. The highest BCUT2D eigenvalue weighted by atomic mass is 127. The van der Waals surface area contributed by atoms with Crippen molar-refractivity contribution in [3.05, 3.63) is 29.8 Å². The summed E-state index contributed by atoms with van der Waals surface area (Å²) in [5.41, 5.74) is 7.33. The van der Waals surface area contributed by atoms with Gasteiger partial charge in [-0.3, -0.25) is 9.89 Å². The molecule has 24 heavy (non-hydrogen) atoms. The molecule has 3 N–H and O–H groups in total. The van der Waals surface area contributed by atoms with E-state index in [1.54, 1.807) is 7.11 Å². The second-order valence-electron chi connectivity index (χ2n) is 6.75. The van der Waals surface area contributed by atoms with Crippen LogP contribution >= 0.6 is 24.0 Å². The summed E-state index contributed by atoms with van der Waals surface area (Å²) in [6, 6.07) is 9.39. The van der Waals surface area contributed by atoms with Gasteiger partial charge in [0.05, 0.1) is 7.11 Å². The number of guanidine groups is 1. The van der Waals surface area contributed by atoms with Crippen LogP contribution in [0, 0.1) is 5.92 Å². The molecule has 3 rings (SSSR count). The minimum absolute atomic E-state index is 0. The number of methoxy groups -OCH3 is 1. The minimum Gasteiger partial charge on any atom is -0.497 e. The van der Waals surface area contributed by atoms with Crippen molar-refractivity contribution in [2.45, 2.75) is 37.8 Å². The molecule has 6 heteroatoms. The van der Waals surface area contributed by atoms with Crippen LogP contribution in [0.2, 0.25) is 0 Å². The van der Waals surface area contributed by atoms with Gasteiger partial charge in [0.25, 0.3) is 0 Å². The lowest BCUT2D eigenvalue weighted by atomic mass is 9.85. The molecule has 134 valence electrons. The minimum atomic E-state index is 0. The summed E-state index contributed by atoms with van der Waals surface area (Å²) in [6.45, 7) is 1.92. The molecule has 0 radical (unpaired) electrons. The van der Waals surface area contributed by atoms with Gasteiger partial charge in [0.15, 0.2) is 5.96 Å². The summed E-state index contributed by atoms with van der Waals surface area (Å²) in [6.07, 6.45) is 4.86. The molecule has 1 saturated carbocycles. The van der Waals surface area contributed by atoms with Crippen LogP contribution in [0.5, 0.6) is 5.75 Å². The summed E-state index contributed by atoms with van der Waals surface area (Å²) in [7, 11) is 3.91. The molecule has 1 aliphatic heterocycles. The summed E-state index contributed by atoms with van der Waals surface area (Å²) in [5, 5.41) is 3.27. The molecular formula is C18H29IN4O. The van der Waals surface area contributed by atoms with Crippen molar-refractivity contribution < 1.29 is 4.74 Å². The topological polar surface area (TPSA) is 62.9 Å². The molecule has 1 heterocycles. The highest BCUT2D eigenvalue weighted by Crippen LogP contribution is 2.35. The van der Waals surface area contributed by atoms with Crippen LogP contribution in [0.15, 0.2) is 29.3 Å². The Kier molecular flexibility index (Phi) is 7.16. The number of piperidine rings is 1. The van der Waals surface area contributed by atoms with E-state index in [-0.39, 0.29) is 24.0 Å². The molecule has 1 aromatic carbocycles. The largest absolute Gasteiger partial charge is 0.497 e. The predicted octanol–water partition coefficient (Wildman–Crippen LogP) is 2.76. The Morgan fingerprint density at radius 1 is 1.29 bits per heavy atom. The number of nitrogens with one attached hydrogen (secondary N) is 1. The van der Waals surface area contributed by atoms with Gasteiger partial charge in [-0.1, -0.05) is 12.1 Å². The number of hydrogen-bond acceptors (Lipinski definition) is 3. The third-order valence-electron chi connectivity index (χ3n) is 4.89. The van der Waals surface area contributed by atoms with Crippen LogP contribution in [0.4, 0.5) is 0 Å². The van der Waals surface area contributed by atoms with Gasteiger partial charge in [0.2, 0.25) is 0 Å². The molecule has 2 aliphatic rings. The number of nitrogens with zero attached hydrogens (tertiary/aromatic N) is 2. The molecule has 0 aromatic heterocycles. The molecule has 0 bridgehead atoms. The maximum absolute atomic E-state index is 6.00. The van der Waals surface area contributed by atoms with Crippen LogP contribution in [-0.2, 0) is 0 Å². The number of aliphatic imine (C=N–C) groups is 1. The third-order valence-corrected chi connectivity index (χ3v) is 4.89. The van der Waals surface area contributed by atoms with Gasteiger partial charge in [-0.05, 0) is 62.9 Å². The summed E-state index contributed by atoms with van der Waals surface area (Å²) in [4.78, 5) is 7.04. The maximum Gasteiger partial charge on any atom is 0.188 e. The van der Waals surface area contributed by atoms with E-state index in [0.29, 0.717) is 24.0 Å². The summed E-state index contributed by atoms with van der Waals surface area (Å²) < 4.78 is 5.27. The Bertz CT molecular complexity index is 544. The van der Waals surface area contributed by atoms with Gasteiger partial charge in [-0.15, -0.1) is 24.0 Å². The van der Waals surface area contributed by atoms with Crippen molar-refractivity contribution in [3.8, 4) is 5.75 Å². The monoisotopic (exact) mass is 444 g/mol. The molecule has 0 spiro atoms. The zero-order chi connectivity index (χ0) is 16.2. The SMILES string of the molecule is COc1ccc(C2C(CN=C(N)NC3CC3)CCCN2C)cc1.I. The lowest BCUT2D eigenvalue weighted by Gasteiger charge is -2.39. The molecule has 1 saturated heterocycles. The zero-order valence-electron chi connectivity index (χ0n) is 14.6. The smallest absolute Gasteiger partial charge is 0.188 e. The highest BCUT2D eigenvalue weighted by molar-refractivity contribution is 14.0. The summed E-state index contributed by atoms with van der Waals surface area (Å²) >= 11 is 0. The van der Waals surface area contributed by atoms with E-state index in [1.165, 1.54) is 31.2 Å². The third kappa shape index (κ3) is 4.99. The number of likely N-dealkylation sites (tertiary alicyclic amines) is 1. The Labute approximate surface area is 162 Å². The van der Waals surface area contributed by atoms with Crippen LogP contribution in [0.1, 0.15) is 37.3 Å². The van der Waals surface area contributed by atoms with Crippen molar-refractivity contribution >= 4 is 29.9 Å². The second-order valence-corrected chi connectivity index (χ2v) is 6.75. The molecule has 2 atom stereocenters. The maximum atomic E-state index is 6.00. The van der Waals surface area contributed by atoms with Crippen LogP contribution < -0.4 is 15.8 Å². The highest BCUT2D eigenvalue weighted by Gasteiger charge is 2.30. The molecule has 1 aliphatic carbocycles. The van der Waals surface area contributed by atoms with E-state index in [0.717, 1.165) is 18.8 Å². The Hall–Kier alpha value is -1.02. The Balaban J connectivity index is 0.00000208. The molecule has 5 nitrogen and oxygen atoms in total. The van der Waals surface area contributed by atoms with Gasteiger partial charge in [-0.25, -0.2) is 0 Å².